The molecule has 0 radical (unpaired) electrons. The van der Waals surface area contributed by atoms with Crippen LogP contribution in [0, 0.1) is 5.92 Å². The zero-order valence-corrected chi connectivity index (χ0v) is 13.5. The number of carbonyl (C=O) groups is 1. The van der Waals surface area contributed by atoms with Crippen LogP contribution >= 0.6 is 22.9 Å². The van der Waals surface area contributed by atoms with Gasteiger partial charge in [0.15, 0.2) is 9.84 Å². The molecule has 5 nitrogen and oxygen atoms in total. The van der Waals surface area contributed by atoms with E-state index in [-0.39, 0.29) is 30.0 Å². The van der Waals surface area contributed by atoms with Crippen LogP contribution in [-0.2, 0) is 16.4 Å². The van der Waals surface area contributed by atoms with Gasteiger partial charge in [-0.1, -0.05) is 18.5 Å². The summed E-state index contributed by atoms with van der Waals surface area (Å²) < 4.78 is 24.0. The molecule has 1 fully saturated rings. The maximum atomic E-state index is 12.1. The topological polar surface area (TPSA) is 66.5 Å². The van der Waals surface area contributed by atoms with E-state index >= 15 is 0 Å². The molecule has 1 aliphatic rings. The predicted octanol–water partition coefficient (Wildman–Crippen LogP) is 1.98. The summed E-state index contributed by atoms with van der Waals surface area (Å²) in [7, 11) is -3.04. The Morgan fingerprint density at radius 1 is 1.55 bits per heavy atom. The number of sulfone groups is 1. The van der Waals surface area contributed by atoms with Gasteiger partial charge in [0.05, 0.1) is 22.4 Å². The summed E-state index contributed by atoms with van der Waals surface area (Å²) in [5.74, 6) is 0.150. The van der Waals surface area contributed by atoms with Crippen LogP contribution < -0.4 is 5.32 Å². The van der Waals surface area contributed by atoms with E-state index < -0.39 is 9.84 Å². The summed E-state index contributed by atoms with van der Waals surface area (Å²) in [6, 6.07) is 3.43. The lowest BCUT2D eigenvalue weighted by Gasteiger charge is -2.22. The van der Waals surface area contributed by atoms with Crippen LogP contribution in [0.3, 0.4) is 0 Å². The van der Waals surface area contributed by atoms with Gasteiger partial charge in [0.2, 0.25) is 0 Å². The molecule has 0 aliphatic carbocycles. The predicted molar refractivity (Wildman–Crippen MR) is 81.0 cm³/mol. The van der Waals surface area contributed by atoms with Crippen molar-refractivity contribution in [2.24, 2.45) is 5.92 Å². The fraction of sp³-hybridized carbons (Fsp3) is 0.583. The minimum Gasteiger partial charge on any atom is -0.333 e. The van der Waals surface area contributed by atoms with Crippen LogP contribution in [-0.4, -0.2) is 43.9 Å². The monoisotopic (exact) mass is 336 g/mol. The number of halogens is 1. The summed E-state index contributed by atoms with van der Waals surface area (Å²) in [6.07, 6.45) is 0. The summed E-state index contributed by atoms with van der Waals surface area (Å²) in [6.45, 7) is 2.98. The van der Waals surface area contributed by atoms with E-state index in [0.29, 0.717) is 17.4 Å². The minimum atomic E-state index is -3.04. The van der Waals surface area contributed by atoms with Gasteiger partial charge in [0, 0.05) is 18.0 Å². The number of urea groups is 1. The van der Waals surface area contributed by atoms with E-state index in [9.17, 15) is 13.2 Å². The number of rotatable bonds is 2. The zero-order chi connectivity index (χ0) is 14.8. The molecule has 112 valence electrons. The first-order valence-electron chi connectivity index (χ1n) is 6.33. The number of amides is 2. The first kappa shape index (κ1) is 15.6. The number of nitrogens with zero attached hydrogens (tertiary/aromatic N) is 1. The Morgan fingerprint density at radius 2 is 2.30 bits per heavy atom. The van der Waals surface area contributed by atoms with E-state index in [1.807, 2.05) is 13.0 Å². The van der Waals surface area contributed by atoms with Crippen molar-refractivity contribution in [2.75, 3.05) is 24.6 Å². The van der Waals surface area contributed by atoms with E-state index in [1.54, 1.807) is 11.0 Å². The van der Waals surface area contributed by atoms with Crippen molar-refractivity contribution in [1.82, 2.24) is 10.2 Å². The van der Waals surface area contributed by atoms with Crippen molar-refractivity contribution in [1.29, 1.82) is 0 Å². The van der Waals surface area contributed by atoms with Crippen LogP contribution in [0.4, 0.5) is 4.79 Å². The van der Waals surface area contributed by atoms with Crippen LogP contribution in [0.15, 0.2) is 12.1 Å². The Morgan fingerprint density at radius 3 is 2.95 bits per heavy atom. The van der Waals surface area contributed by atoms with Crippen molar-refractivity contribution in [3.63, 3.8) is 0 Å². The normalized spacial score (nSPS) is 22.3. The molecule has 1 aromatic heterocycles. The van der Waals surface area contributed by atoms with Crippen molar-refractivity contribution < 1.29 is 13.2 Å². The molecule has 0 saturated carbocycles. The Labute approximate surface area is 127 Å². The average molecular weight is 337 g/mol. The second-order valence-corrected chi connectivity index (χ2v) is 9.06. The van der Waals surface area contributed by atoms with Gasteiger partial charge < -0.3 is 10.2 Å². The molecule has 2 rings (SSSR count). The SMILES string of the molecule is C[C@H]1CN(C(=O)NCc2ccc(Cl)s2)CCS(=O)(=O)C1. The average Bonchev–Trinajstić information content (AvgIpc) is 2.70. The number of nitrogens with one attached hydrogen (secondary N) is 1. The van der Waals surface area contributed by atoms with Gasteiger partial charge in [-0.15, -0.1) is 11.3 Å². The van der Waals surface area contributed by atoms with Crippen molar-refractivity contribution in [2.45, 2.75) is 13.5 Å². The third-order valence-electron chi connectivity index (χ3n) is 3.07. The molecule has 0 aromatic carbocycles. The summed E-state index contributed by atoms with van der Waals surface area (Å²) in [5.41, 5.74) is 0. The molecule has 1 aromatic rings. The molecule has 8 heteroatoms. The largest absolute Gasteiger partial charge is 0.333 e. The third-order valence-corrected chi connectivity index (χ3v) is 6.19. The fourth-order valence-corrected chi connectivity index (χ4v) is 4.86. The molecule has 2 amide bonds. The molecule has 0 bridgehead atoms. The van der Waals surface area contributed by atoms with Crippen molar-refractivity contribution >= 4 is 38.8 Å². The van der Waals surface area contributed by atoms with Gasteiger partial charge in [-0.05, 0) is 18.1 Å². The highest BCUT2D eigenvalue weighted by Crippen LogP contribution is 2.21. The molecule has 0 unspecified atom stereocenters. The molecule has 2 heterocycles. The molecule has 0 spiro atoms. The Kier molecular flexibility index (Phi) is 4.93. The maximum Gasteiger partial charge on any atom is 0.317 e. The highest BCUT2D eigenvalue weighted by molar-refractivity contribution is 7.91. The summed E-state index contributed by atoms with van der Waals surface area (Å²) in [4.78, 5) is 14.6. The van der Waals surface area contributed by atoms with E-state index in [4.69, 9.17) is 11.6 Å². The highest BCUT2D eigenvalue weighted by atomic mass is 35.5. The molecular formula is C12H17ClN2O3S2. The fourth-order valence-electron chi connectivity index (χ4n) is 2.19. The van der Waals surface area contributed by atoms with E-state index in [0.717, 1.165) is 4.88 Å². The zero-order valence-electron chi connectivity index (χ0n) is 11.1. The Hall–Kier alpha value is -0.790. The smallest absolute Gasteiger partial charge is 0.317 e. The Balaban J connectivity index is 1.91. The van der Waals surface area contributed by atoms with Crippen LogP contribution in [0.2, 0.25) is 4.34 Å². The van der Waals surface area contributed by atoms with Crippen molar-refractivity contribution in [3.05, 3.63) is 21.3 Å². The van der Waals surface area contributed by atoms with Gasteiger partial charge >= 0.3 is 6.03 Å². The second-order valence-electron chi connectivity index (χ2n) is 5.03. The first-order valence-corrected chi connectivity index (χ1v) is 9.35. The second kappa shape index (κ2) is 6.32. The van der Waals surface area contributed by atoms with Crippen LogP contribution in [0.25, 0.3) is 0 Å². The Bertz CT molecular complexity index is 585. The third kappa shape index (κ3) is 4.36. The van der Waals surface area contributed by atoms with Gasteiger partial charge in [-0.25, -0.2) is 13.2 Å². The van der Waals surface area contributed by atoms with Crippen LogP contribution in [0.5, 0.6) is 0 Å². The quantitative estimate of drug-likeness (QED) is 0.898. The molecule has 20 heavy (non-hydrogen) atoms. The number of carbonyl (C=O) groups excluding carboxylic acids is 1. The van der Waals surface area contributed by atoms with Crippen LogP contribution in [0.1, 0.15) is 11.8 Å². The first-order chi connectivity index (χ1) is 9.35. The van der Waals surface area contributed by atoms with Crippen molar-refractivity contribution in [3.8, 4) is 0 Å². The summed E-state index contributed by atoms with van der Waals surface area (Å²) in [5, 5.41) is 2.80. The molecule has 1 saturated heterocycles. The molecule has 1 aliphatic heterocycles. The van der Waals surface area contributed by atoms with Gasteiger partial charge in [-0.3, -0.25) is 0 Å². The lowest BCUT2D eigenvalue weighted by Crippen LogP contribution is -2.42. The lowest BCUT2D eigenvalue weighted by atomic mass is 10.2. The van der Waals surface area contributed by atoms with E-state index in [2.05, 4.69) is 5.32 Å². The molecular weight excluding hydrogens is 320 g/mol. The van der Waals surface area contributed by atoms with E-state index in [1.165, 1.54) is 11.3 Å². The molecule has 1 atom stereocenters. The van der Waals surface area contributed by atoms with Gasteiger partial charge in [-0.2, -0.15) is 0 Å². The lowest BCUT2D eigenvalue weighted by molar-refractivity contribution is 0.195. The minimum absolute atomic E-state index is 0.0373. The van der Waals surface area contributed by atoms with Gasteiger partial charge in [0.25, 0.3) is 0 Å². The number of thiophene rings is 1. The number of hydrogen-bond donors (Lipinski definition) is 1. The summed E-state index contributed by atoms with van der Waals surface area (Å²) >= 11 is 7.24. The maximum absolute atomic E-state index is 12.1. The molecule has 1 N–H and O–H groups in total. The number of hydrogen-bond acceptors (Lipinski definition) is 4. The standard InChI is InChI=1S/C12H17ClN2O3S2/c1-9-7-15(4-5-20(17,18)8-9)12(16)14-6-10-2-3-11(13)19-10/h2-3,9H,4-8H2,1H3,(H,14,16)/t9-/m0/s1. The van der Waals surface area contributed by atoms with Gasteiger partial charge in [0.1, 0.15) is 0 Å². The highest BCUT2D eigenvalue weighted by Gasteiger charge is 2.26.